The Labute approximate surface area is 128 Å². The van der Waals surface area contributed by atoms with Crippen LogP contribution in [0, 0.1) is 0 Å². The highest BCUT2D eigenvalue weighted by atomic mass is 32.2. The SMILES string of the molecule is CCC(CC)(CNS(=O)(=O)CCCCNC1CC1)SC. The molecule has 0 heterocycles. The van der Waals surface area contributed by atoms with E-state index in [9.17, 15) is 8.42 Å². The van der Waals surface area contributed by atoms with Gasteiger partial charge in [-0.25, -0.2) is 13.1 Å². The van der Waals surface area contributed by atoms with Crippen molar-refractivity contribution in [2.45, 2.75) is 63.2 Å². The van der Waals surface area contributed by atoms with Gasteiger partial charge in [-0.2, -0.15) is 11.8 Å². The molecule has 0 unspecified atom stereocenters. The van der Waals surface area contributed by atoms with Gasteiger partial charge in [0.25, 0.3) is 0 Å². The highest BCUT2D eigenvalue weighted by molar-refractivity contribution is 8.00. The van der Waals surface area contributed by atoms with Gasteiger partial charge in [-0.3, -0.25) is 0 Å². The van der Waals surface area contributed by atoms with E-state index in [4.69, 9.17) is 0 Å². The molecule has 4 nitrogen and oxygen atoms in total. The average molecular weight is 323 g/mol. The lowest BCUT2D eigenvalue weighted by atomic mass is 10.0. The Morgan fingerprint density at radius 2 is 1.85 bits per heavy atom. The molecule has 0 saturated heterocycles. The smallest absolute Gasteiger partial charge is 0.211 e. The second-order valence-electron chi connectivity index (χ2n) is 5.67. The molecule has 1 aliphatic rings. The number of rotatable bonds is 12. The van der Waals surface area contributed by atoms with Crippen LogP contribution in [0.5, 0.6) is 0 Å². The van der Waals surface area contributed by atoms with E-state index in [1.54, 1.807) is 11.8 Å². The number of hydrogen-bond donors (Lipinski definition) is 2. The minimum absolute atomic E-state index is 0.0423. The lowest BCUT2D eigenvalue weighted by Gasteiger charge is -2.29. The van der Waals surface area contributed by atoms with E-state index in [-0.39, 0.29) is 10.5 Å². The fourth-order valence-electron chi connectivity index (χ4n) is 2.19. The standard InChI is InChI=1S/C14H30N2O2S2/c1-4-14(5-2,19-3)12-16-20(17,18)11-7-6-10-15-13-8-9-13/h13,15-16H,4-12H2,1-3H3. The van der Waals surface area contributed by atoms with Crippen molar-refractivity contribution in [1.82, 2.24) is 10.0 Å². The van der Waals surface area contributed by atoms with E-state index in [1.807, 2.05) is 0 Å². The van der Waals surface area contributed by atoms with Gasteiger partial charge < -0.3 is 5.32 Å². The lowest BCUT2D eigenvalue weighted by molar-refractivity contribution is 0.520. The first-order valence-electron chi connectivity index (χ1n) is 7.73. The molecule has 1 aliphatic carbocycles. The molecule has 1 fully saturated rings. The first-order chi connectivity index (χ1) is 9.47. The van der Waals surface area contributed by atoms with Gasteiger partial charge in [0.2, 0.25) is 10.0 Å². The predicted octanol–water partition coefficient (Wildman–Crippen LogP) is 2.36. The normalized spacial score (nSPS) is 16.6. The summed E-state index contributed by atoms with van der Waals surface area (Å²) in [4.78, 5) is 0. The molecule has 0 spiro atoms. The molecule has 0 aromatic rings. The van der Waals surface area contributed by atoms with E-state index in [0.717, 1.165) is 32.2 Å². The number of nitrogens with one attached hydrogen (secondary N) is 2. The molecule has 120 valence electrons. The van der Waals surface area contributed by atoms with Crippen molar-refractivity contribution in [3.8, 4) is 0 Å². The topological polar surface area (TPSA) is 58.2 Å². The number of hydrogen-bond acceptors (Lipinski definition) is 4. The van der Waals surface area contributed by atoms with Crippen molar-refractivity contribution >= 4 is 21.8 Å². The maximum Gasteiger partial charge on any atom is 0.211 e. The van der Waals surface area contributed by atoms with Gasteiger partial charge in [0.05, 0.1) is 5.75 Å². The van der Waals surface area contributed by atoms with Crippen molar-refractivity contribution < 1.29 is 8.42 Å². The quantitative estimate of drug-likeness (QED) is 0.542. The number of unbranched alkanes of at least 4 members (excludes halogenated alkanes) is 1. The first-order valence-corrected chi connectivity index (χ1v) is 10.6. The maximum absolute atomic E-state index is 12.0. The molecule has 0 aromatic carbocycles. The molecule has 0 radical (unpaired) electrons. The minimum Gasteiger partial charge on any atom is -0.314 e. The van der Waals surface area contributed by atoms with Crippen LogP contribution in [-0.2, 0) is 10.0 Å². The second kappa shape index (κ2) is 8.61. The molecule has 20 heavy (non-hydrogen) atoms. The van der Waals surface area contributed by atoms with Crippen LogP contribution in [-0.4, -0.2) is 44.3 Å². The van der Waals surface area contributed by atoms with Gasteiger partial charge in [0.1, 0.15) is 0 Å². The largest absolute Gasteiger partial charge is 0.314 e. The molecular weight excluding hydrogens is 292 g/mol. The van der Waals surface area contributed by atoms with Crippen molar-refractivity contribution in [2.24, 2.45) is 0 Å². The monoisotopic (exact) mass is 322 g/mol. The van der Waals surface area contributed by atoms with Crippen LogP contribution in [0.25, 0.3) is 0 Å². The molecule has 0 atom stereocenters. The van der Waals surface area contributed by atoms with Crippen molar-refractivity contribution in [1.29, 1.82) is 0 Å². The van der Waals surface area contributed by atoms with Crippen molar-refractivity contribution in [2.75, 3.05) is 25.1 Å². The summed E-state index contributed by atoms with van der Waals surface area (Å²) in [7, 11) is -3.12. The first kappa shape index (κ1) is 18.3. The van der Waals surface area contributed by atoms with Crippen LogP contribution in [0.1, 0.15) is 52.4 Å². The van der Waals surface area contributed by atoms with Crippen LogP contribution < -0.4 is 10.0 Å². The zero-order valence-corrected chi connectivity index (χ0v) is 14.7. The summed E-state index contributed by atoms with van der Waals surface area (Å²) in [6.07, 6.45) is 8.27. The summed E-state index contributed by atoms with van der Waals surface area (Å²) >= 11 is 1.76. The van der Waals surface area contributed by atoms with E-state index in [2.05, 4.69) is 30.1 Å². The Kier molecular flexibility index (Phi) is 7.87. The van der Waals surface area contributed by atoms with E-state index >= 15 is 0 Å². The minimum atomic E-state index is -3.12. The summed E-state index contributed by atoms with van der Waals surface area (Å²) < 4.78 is 26.8. The van der Waals surface area contributed by atoms with Gasteiger partial charge in [0, 0.05) is 17.3 Å². The third kappa shape index (κ3) is 6.78. The van der Waals surface area contributed by atoms with Gasteiger partial charge in [-0.15, -0.1) is 0 Å². The van der Waals surface area contributed by atoms with Crippen LogP contribution in [0.4, 0.5) is 0 Å². The molecule has 6 heteroatoms. The molecule has 1 saturated carbocycles. The van der Waals surface area contributed by atoms with E-state index in [1.165, 1.54) is 12.8 Å². The van der Waals surface area contributed by atoms with E-state index in [0.29, 0.717) is 12.6 Å². The van der Waals surface area contributed by atoms with Gasteiger partial charge in [-0.05, 0) is 51.3 Å². The summed E-state index contributed by atoms with van der Waals surface area (Å²) in [5.41, 5.74) is 0. The Balaban J connectivity index is 2.21. The van der Waals surface area contributed by atoms with Gasteiger partial charge >= 0.3 is 0 Å². The van der Waals surface area contributed by atoms with Crippen molar-refractivity contribution in [3.63, 3.8) is 0 Å². The van der Waals surface area contributed by atoms with Crippen LogP contribution in [0.2, 0.25) is 0 Å². The number of thioether (sulfide) groups is 1. The summed E-state index contributed by atoms with van der Waals surface area (Å²) in [5.74, 6) is 0.247. The second-order valence-corrected chi connectivity index (χ2v) is 8.87. The predicted molar refractivity (Wildman–Crippen MR) is 88.9 cm³/mol. The molecule has 0 aromatic heterocycles. The summed E-state index contributed by atoms with van der Waals surface area (Å²) in [5, 5.41) is 3.41. The average Bonchev–Trinajstić information content (AvgIpc) is 3.25. The van der Waals surface area contributed by atoms with Gasteiger partial charge in [-0.1, -0.05) is 13.8 Å². The third-order valence-electron chi connectivity index (χ3n) is 4.19. The highest BCUT2D eigenvalue weighted by Crippen LogP contribution is 2.29. The van der Waals surface area contributed by atoms with Crippen LogP contribution in [0.15, 0.2) is 0 Å². The fraction of sp³-hybridized carbons (Fsp3) is 1.00. The Morgan fingerprint density at radius 1 is 1.20 bits per heavy atom. The Bertz CT molecular complexity index is 355. The van der Waals surface area contributed by atoms with Crippen LogP contribution >= 0.6 is 11.8 Å². The third-order valence-corrected chi connectivity index (χ3v) is 7.18. The zero-order chi connectivity index (χ0) is 15.1. The number of sulfonamides is 1. The summed E-state index contributed by atoms with van der Waals surface area (Å²) in [6.45, 7) is 5.73. The lowest BCUT2D eigenvalue weighted by Crippen LogP contribution is -2.40. The zero-order valence-electron chi connectivity index (χ0n) is 13.1. The molecular formula is C14H30N2O2S2. The molecule has 0 amide bonds. The molecule has 1 rings (SSSR count). The molecule has 0 aliphatic heterocycles. The highest BCUT2D eigenvalue weighted by Gasteiger charge is 2.26. The van der Waals surface area contributed by atoms with Crippen molar-refractivity contribution in [3.05, 3.63) is 0 Å². The fourth-order valence-corrected chi connectivity index (χ4v) is 4.30. The van der Waals surface area contributed by atoms with Gasteiger partial charge in [0.15, 0.2) is 0 Å². The Hall–Kier alpha value is 0.220. The summed E-state index contributed by atoms with van der Waals surface area (Å²) in [6, 6.07) is 0.709. The van der Waals surface area contributed by atoms with Crippen LogP contribution in [0.3, 0.4) is 0 Å². The molecule has 0 bridgehead atoms. The Morgan fingerprint density at radius 3 is 2.35 bits per heavy atom. The molecule has 2 N–H and O–H groups in total. The van der Waals surface area contributed by atoms with E-state index < -0.39 is 10.0 Å². The maximum atomic E-state index is 12.0.